The van der Waals surface area contributed by atoms with Crippen molar-refractivity contribution in [3.05, 3.63) is 40.4 Å². The second kappa shape index (κ2) is 5.14. The second-order valence-electron chi connectivity index (χ2n) is 5.14. The summed E-state index contributed by atoms with van der Waals surface area (Å²) in [6.45, 7) is 1.58. The first-order valence-electron chi connectivity index (χ1n) is 6.76. The van der Waals surface area contributed by atoms with Gasteiger partial charge in [-0.05, 0) is 38.1 Å². The third kappa shape index (κ3) is 2.53. The molecule has 112 valence electrons. The van der Waals surface area contributed by atoms with Gasteiger partial charge >= 0.3 is 6.18 Å². The lowest BCUT2D eigenvalue weighted by atomic mass is 10.1. The minimum atomic E-state index is -4.51. The average molecular weight is 297 g/mol. The van der Waals surface area contributed by atoms with Crippen molar-refractivity contribution >= 4 is 10.9 Å². The first kappa shape index (κ1) is 14.1. The van der Waals surface area contributed by atoms with E-state index in [-0.39, 0.29) is 16.9 Å². The lowest BCUT2D eigenvalue weighted by Gasteiger charge is -2.24. The Balaban J connectivity index is 2.16. The van der Waals surface area contributed by atoms with Crippen LogP contribution in [0.5, 0.6) is 0 Å². The molecule has 1 aromatic heterocycles. The van der Waals surface area contributed by atoms with Gasteiger partial charge in [-0.2, -0.15) is 13.2 Å². The van der Waals surface area contributed by atoms with Crippen LogP contribution in [0.4, 0.5) is 13.2 Å². The van der Waals surface area contributed by atoms with Crippen LogP contribution in [0.3, 0.4) is 0 Å². The van der Waals surface area contributed by atoms with Crippen LogP contribution in [0, 0.1) is 0 Å². The van der Waals surface area contributed by atoms with E-state index in [1.54, 1.807) is 0 Å². The summed E-state index contributed by atoms with van der Waals surface area (Å²) >= 11 is 0. The molecule has 21 heavy (non-hydrogen) atoms. The average Bonchev–Trinajstić information content (AvgIpc) is 2.47. The predicted molar refractivity (Wildman–Crippen MR) is 72.1 cm³/mol. The van der Waals surface area contributed by atoms with Gasteiger partial charge in [0.15, 0.2) is 0 Å². The summed E-state index contributed by atoms with van der Waals surface area (Å²) in [5.74, 6) is 0. The quantitative estimate of drug-likeness (QED) is 0.879. The maximum Gasteiger partial charge on any atom is 0.418 e. The van der Waals surface area contributed by atoms with Crippen LogP contribution in [0.15, 0.2) is 29.3 Å². The van der Waals surface area contributed by atoms with E-state index < -0.39 is 17.3 Å². The summed E-state index contributed by atoms with van der Waals surface area (Å²) in [7, 11) is 0. The fourth-order valence-electron chi connectivity index (χ4n) is 2.74. The topological polar surface area (TPSA) is 46.9 Å². The molecule has 1 aliphatic rings. The molecular formula is C14H14F3N3O. The number of hydrogen-bond donors (Lipinski definition) is 1. The third-order valence-electron chi connectivity index (χ3n) is 3.82. The van der Waals surface area contributed by atoms with Crippen LogP contribution in [0.1, 0.15) is 24.4 Å². The fourth-order valence-corrected chi connectivity index (χ4v) is 2.74. The minimum Gasteiger partial charge on any atom is -0.317 e. The lowest BCUT2D eigenvalue weighted by Crippen LogP contribution is -2.34. The molecule has 0 amide bonds. The summed E-state index contributed by atoms with van der Waals surface area (Å²) in [6.07, 6.45) is -1.73. The molecule has 1 fully saturated rings. The Bertz CT molecular complexity index is 717. The van der Waals surface area contributed by atoms with Crippen molar-refractivity contribution in [2.45, 2.75) is 25.1 Å². The van der Waals surface area contributed by atoms with Gasteiger partial charge in [0, 0.05) is 6.04 Å². The molecule has 0 atom stereocenters. The molecule has 0 bridgehead atoms. The van der Waals surface area contributed by atoms with Crippen LogP contribution in [-0.4, -0.2) is 22.6 Å². The van der Waals surface area contributed by atoms with Crippen molar-refractivity contribution in [2.75, 3.05) is 13.1 Å². The Labute approximate surface area is 118 Å². The highest BCUT2D eigenvalue weighted by molar-refractivity contribution is 5.81. The Morgan fingerprint density at radius 3 is 2.62 bits per heavy atom. The van der Waals surface area contributed by atoms with Crippen molar-refractivity contribution in [3.8, 4) is 0 Å². The van der Waals surface area contributed by atoms with Gasteiger partial charge in [0.05, 0.1) is 22.8 Å². The Hall–Kier alpha value is -1.89. The van der Waals surface area contributed by atoms with Crippen LogP contribution in [-0.2, 0) is 6.18 Å². The van der Waals surface area contributed by atoms with Crippen molar-refractivity contribution < 1.29 is 13.2 Å². The number of nitrogens with one attached hydrogen (secondary N) is 1. The molecule has 7 heteroatoms. The first-order valence-corrected chi connectivity index (χ1v) is 6.76. The van der Waals surface area contributed by atoms with Crippen molar-refractivity contribution in [1.29, 1.82) is 0 Å². The van der Waals surface area contributed by atoms with Gasteiger partial charge in [-0.3, -0.25) is 9.36 Å². The Morgan fingerprint density at radius 1 is 1.24 bits per heavy atom. The molecule has 0 aliphatic carbocycles. The summed E-state index contributed by atoms with van der Waals surface area (Å²) in [5.41, 5.74) is -1.55. The maximum atomic E-state index is 12.9. The molecule has 0 saturated carbocycles. The van der Waals surface area contributed by atoms with Gasteiger partial charge in [0.25, 0.3) is 5.56 Å². The monoisotopic (exact) mass is 297 g/mol. The number of halogens is 3. The van der Waals surface area contributed by atoms with Crippen molar-refractivity contribution in [1.82, 2.24) is 14.9 Å². The van der Waals surface area contributed by atoms with Gasteiger partial charge in [0.2, 0.25) is 0 Å². The van der Waals surface area contributed by atoms with Gasteiger partial charge in [-0.15, -0.1) is 0 Å². The molecule has 1 saturated heterocycles. The number of fused-ring (bicyclic) bond motifs is 1. The highest BCUT2D eigenvalue weighted by Crippen LogP contribution is 2.33. The Morgan fingerprint density at radius 2 is 1.95 bits per heavy atom. The van der Waals surface area contributed by atoms with Crippen molar-refractivity contribution in [2.24, 2.45) is 0 Å². The maximum absolute atomic E-state index is 12.9. The zero-order valence-electron chi connectivity index (χ0n) is 11.2. The van der Waals surface area contributed by atoms with E-state index in [2.05, 4.69) is 10.3 Å². The third-order valence-corrected chi connectivity index (χ3v) is 3.82. The lowest BCUT2D eigenvalue weighted by molar-refractivity contribution is -0.136. The summed E-state index contributed by atoms with van der Waals surface area (Å²) in [6, 6.07) is 3.59. The number of alkyl halides is 3. The standard InChI is InChI=1S/C14H14F3N3O/c15-14(16,17)11-3-1-2-10-12(11)19-8-20(13(10)21)9-4-6-18-7-5-9/h1-3,8-9,18H,4-7H2. The number of hydrogen-bond acceptors (Lipinski definition) is 3. The zero-order chi connectivity index (χ0) is 15.0. The summed E-state index contributed by atoms with van der Waals surface area (Å²) < 4.78 is 40.3. The molecule has 2 aromatic rings. The van der Waals surface area contributed by atoms with Gasteiger partial charge in [-0.25, -0.2) is 4.98 Å². The highest BCUT2D eigenvalue weighted by Gasteiger charge is 2.33. The van der Waals surface area contributed by atoms with Gasteiger partial charge in [-0.1, -0.05) is 6.07 Å². The van der Waals surface area contributed by atoms with Gasteiger partial charge < -0.3 is 5.32 Å². The van der Waals surface area contributed by atoms with E-state index in [1.807, 2.05) is 0 Å². The molecule has 0 spiro atoms. The zero-order valence-corrected chi connectivity index (χ0v) is 11.2. The summed E-state index contributed by atoms with van der Waals surface area (Å²) in [4.78, 5) is 16.3. The number of piperidine rings is 1. The normalized spacial score (nSPS) is 17.3. The van der Waals surface area contributed by atoms with E-state index in [1.165, 1.54) is 23.0 Å². The number of nitrogens with zero attached hydrogens (tertiary/aromatic N) is 2. The smallest absolute Gasteiger partial charge is 0.317 e. The minimum absolute atomic E-state index is 0.00908. The van der Waals surface area contributed by atoms with Crippen molar-refractivity contribution in [3.63, 3.8) is 0 Å². The van der Waals surface area contributed by atoms with Crippen LogP contribution >= 0.6 is 0 Å². The molecule has 1 aliphatic heterocycles. The van der Waals surface area contributed by atoms with Gasteiger partial charge in [0.1, 0.15) is 0 Å². The first-order chi connectivity index (χ1) is 9.98. The number of benzene rings is 1. The Kier molecular flexibility index (Phi) is 3.44. The summed E-state index contributed by atoms with van der Waals surface area (Å²) in [5, 5.41) is 3.20. The molecule has 1 N–H and O–H groups in total. The second-order valence-corrected chi connectivity index (χ2v) is 5.14. The van der Waals surface area contributed by atoms with E-state index in [4.69, 9.17) is 0 Å². The fraction of sp³-hybridized carbons (Fsp3) is 0.429. The largest absolute Gasteiger partial charge is 0.418 e. The molecule has 4 nitrogen and oxygen atoms in total. The highest BCUT2D eigenvalue weighted by atomic mass is 19.4. The van der Waals surface area contributed by atoms with Crippen LogP contribution in [0.2, 0.25) is 0 Å². The number of para-hydroxylation sites is 1. The number of rotatable bonds is 1. The molecular weight excluding hydrogens is 283 g/mol. The van der Waals surface area contributed by atoms with E-state index in [0.29, 0.717) is 0 Å². The van der Waals surface area contributed by atoms with E-state index >= 15 is 0 Å². The molecule has 0 radical (unpaired) electrons. The predicted octanol–water partition coefficient (Wildman–Crippen LogP) is 2.34. The van der Waals surface area contributed by atoms with Crippen LogP contribution in [0.25, 0.3) is 10.9 Å². The van der Waals surface area contributed by atoms with E-state index in [0.717, 1.165) is 32.0 Å². The van der Waals surface area contributed by atoms with E-state index in [9.17, 15) is 18.0 Å². The molecule has 2 heterocycles. The molecule has 3 rings (SSSR count). The SMILES string of the molecule is O=c1c2cccc(C(F)(F)F)c2ncn1C1CCNCC1. The molecule has 0 unspecified atom stereocenters. The molecule has 1 aromatic carbocycles. The van der Waals surface area contributed by atoms with Crippen LogP contribution < -0.4 is 10.9 Å². The number of aromatic nitrogens is 2.